The number of ether oxygens (including phenoxy) is 1. The van der Waals surface area contributed by atoms with Gasteiger partial charge in [0.1, 0.15) is 5.75 Å². The second kappa shape index (κ2) is 9.78. The molecule has 27 heavy (non-hydrogen) atoms. The van der Waals surface area contributed by atoms with Gasteiger partial charge in [0, 0.05) is 0 Å². The fraction of sp³-hybridized carbons (Fsp3) is 0.462. The van der Waals surface area contributed by atoms with Crippen LogP contribution in [0, 0.1) is 5.92 Å². The molecule has 1 heteroatoms. The van der Waals surface area contributed by atoms with Gasteiger partial charge in [-0.25, -0.2) is 0 Å². The van der Waals surface area contributed by atoms with Crippen molar-refractivity contribution in [1.29, 1.82) is 0 Å². The highest BCUT2D eigenvalue weighted by Crippen LogP contribution is 2.37. The van der Waals surface area contributed by atoms with Gasteiger partial charge in [0.05, 0.1) is 7.11 Å². The van der Waals surface area contributed by atoms with Crippen LogP contribution in [0.5, 0.6) is 5.75 Å². The van der Waals surface area contributed by atoms with Gasteiger partial charge < -0.3 is 4.74 Å². The van der Waals surface area contributed by atoms with Crippen LogP contribution < -0.4 is 4.74 Å². The van der Waals surface area contributed by atoms with Crippen LogP contribution in [0.1, 0.15) is 68.9 Å². The first-order chi connectivity index (χ1) is 13.2. The summed E-state index contributed by atoms with van der Waals surface area (Å²) in [4.78, 5) is 0. The molecule has 1 saturated carbocycles. The molecule has 2 aromatic rings. The number of allylic oxidation sites excluding steroid dienone is 1. The van der Waals surface area contributed by atoms with Gasteiger partial charge in [-0.15, -0.1) is 6.58 Å². The number of benzene rings is 2. The molecule has 0 aromatic heterocycles. The lowest BCUT2D eigenvalue weighted by Gasteiger charge is -2.27. The van der Waals surface area contributed by atoms with Gasteiger partial charge in [0.25, 0.3) is 0 Å². The summed E-state index contributed by atoms with van der Waals surface area (Å²) >= 11 is 0. The number of methoxy groups -OCH3 is 1. The van der Waals surface area contributed by atoms with E-state index in [9.17, 15) is 0 Å². The van der Waals surface area contributed by atoms with Crippen LogP contribution in [0.25, 0.3) is 11.1 Å². The lowest BCUT2D eigenvalue weighted by atomic mass is 9.78. The van der Waals surface area contributed by atoms with Crippen LogP contribution in [-0.2, 0) is 6.42 Å². The Morgan fingerprint density at radius 1 is 1.00 bits per heavy atom. The Morgan fingerprint density at radius 2 is 1.74 bits per heavy atom. The minimum atomic E-state index is 0.718. The third-order valence-corrected chi connectivity index (χ3v) is 6.16. The highest BCUT2D eigenvalue weighted by molar-refractivity contribution is 5.69. The maximum atomic E-state index is 5.46. The molecule has 0 N–H and O–H groups in total. The number of aryl methyl sites for hydroxylation is 1. The molecule has 1 nitrogen and oxygen atoms in total. The second-order valence-electron chi connectivity index (χ2n) is 7.95. The minimum absolute atomic E-state index is 0.718. The lowest BCUT2D eigenvalue weighted by molar-refractivity contribution is 0.376. The summed E-state index contributed by atoms with van der Waals surface area (Å²) in [5.74, 6) is 2.40. The van der Waals surface area contributed by atoms with Crippen molar-refractivity contribution in [3.8, 4) is 16.9 Å². The zero-order valence-corrected chi connectivity index (χ0v) is 17.0. The fourth-order valence-electron chi connectivity index (χ4n) is 4.37. The average Bonchev–Trinajstić information content (AvgIpc) is 2.74. The van der Waals surface area contributed by atoms with Crippen LogP contribution in [-0.4, -0.2) is 7.11 Å². The van der Waals surface area contributed by atoms with Crippen molar-refractivity contribution < 1.29 is 4.74 Å². The summed E-state index contributed by atoms with van der Waals surface area (Å²) in [6.07, 6.45) is 12.2. The van der Waals surface area contributed by atoms with Gasteiger partial charge in [-0.3, -0.25) is 0 Å². The Hall–Kier alpha value is -2.02. The molecule has 0 atom stereocenters. The summed E-state index contributed by atoms with van der Waals surface area (Å²) < 4.78 is 5.46. The molecule has 0 amide bonds. The third-order valence-electron chi connectivity index (χ3n) is 6.16. The average molecular weight is 363 g/mol. The minimum Gasteiger partial charge on any atom is -0.497 e. The Kier molecular flexibility index (Phi) is 7.15. The molecule has 3 rings (SSSR count). The molecule has 0 bridgehead atoms. The SMILES string of the molecule is C=C[C@H]1CC[C@H](c2ccc(-c3ccc(OC)cc3CCCCC)cc2)CC1. The summed E-state index contributed by atoms with van der Waals surface area (Å²) in [5.41, 5.74) is 5.59. The van der Waals surface area contributed by atoms with Gasteiger partial charge in [-0.2, -0.15) is 0 Å². The van der Waals surface area contributed by atoms with E-state index in [0.717, 1.165) is 24.0 Å². The number of rotatable bonds is 8. The van der Waals surface area contributed by atoms with E-state index in [1.165, 1.54) is 67.2 Å². The van der Waals surface area contributed by atoms with Gasteiger partial charge in [-0.1, -0.05) is 56.2 Å². The molecular weight excluding hydrogens is 328 g/mol. The van der Waals surface area contributed by atoms with Crippen LogP contribution in [0.15, 0.2) is 55.1 Å². The first-order valence-corrected chi connectivity index (χ1v) is 10.6. The molecule has 144 valence electrons. The number of hydrogen-bond acceptors (Lipinski definition) is 1. The molecular formula is C26H34O. The van der Waals surface area contributed by atoms with Gasteiger partial charge in [-0.05, 0) is 84.7 Å². The van der Waals surface area contributed by atoms with Gasteiger partial charge >= 0.3 is 0 Å². The van der Waals surface area contributed by atoms with Crippen molar-refractivity contribution in [3.63, 3.8) is 0 Å². The van der Waals surface area contributed by atoms with Crippen molar-refractivity contribution in [2.24, 2.45) is 5.92 Å². The van der Waals surface area contributed by atoms with Crippen molar-refractivity contribution in [1.82, 2.24) is 0 Å². The highest BCUT2D eigenvalue weighted by atomic mass is 16.5. The summed E-state index contributed by atoms with van der Waals surface area (Å²) in [6.45, 7) is 6.22. The van der Waals surface area contributed by atoms with Gasteiger partial charge in [0.2, 0.25) is 0 Å². The van der Waals surface area contributed by atoms with E-state index in [1.54, 1.807) is 7.11 Å². The highest BCUT2D eigenvalue weighted by Gasteiger charge is 2.20. The van der Waals surface area contributed by atoms with Crippen LogP contribution >= 0.6 is 0 Å². The smallest absolute Gasteiger partial charge is 0.119 e. The quantitative estimate of drug-likeness (QED) is 0.348. The number of hydrogen-bond donors (Lipinski definition) is 0. The Labute approximate surface area is 165 Å². The maximum Gasteiger partial charge on any atom is 0.119 e. The monoisotopic (exact) mass is 362 g/mol. The first kappa shape index (κ1) is 19.7. The topological polar surface area (TPSA) is 9.23 Å². The summed E-state index contributed by atoms with van der Waals surface area (Å²) in [6, 6.07) is 15.9. The Balaban J connectivity index is 1.77. The third kappa shape index (κ3) is 5.03. The molecule has 1 aliphatic rings. The zero-order valence-electron chi connectivity index (χ0n) is 17.0. The molecule has 0 saturated heterocycles. The first-order valence-electron chi connectivity index (χ1n) is 10.6. The summed E-state index contributed by atoms with van der Waals surface area (Å²) in [7, 11) is 1.75. The van der Waals surface area contributed by atoms with E-state index in [1.807, 2.05) is 0 Å². The Morgan fingerprint density at radius 3 is 2.37 bits per heavy atom. The molecule has 0 radical (unpaired) electrons. The van der Waals surface area contributed by atoms with E-state index in [4.69, 9.17) is 4.74 Å². The largest absolute Gasteiger partial charge is 0.497 e. The number of unbranched alkanes of at least 4 members (excludes halogenated alkanes) is 2. The van der Waals surface area contributed by atoms with E-state index >= 15 is 0 Å². The molecule has 0 aliphatic heterocycles. The van der Waals surface area contributed by atoms with Crippen LogP contribution in [0.4, 0.5) is 0 Å². The molecule has 0 spiro atoms. The van der Waals surface area contributed by atoms with Crippen LogP contribution in [0.3, 0.4) is 0 Å². The summed E-state index contributed by atoms with van der Waals surface area (Å²) in [5, 5.41) is 0. The van der Waals surface area contributed by atoms with E-state index in [2.05, 4.69) is 62.0 Å². The van der Waals surface area contributed by atoms with Crippen molar-refractivity contribution in [3.05, 3.63) is 66.2 Å². The molecule has 1 aliphatic carbocycles. The maximum absolute atomic E-state index is 5.46. The predicted molar refractivity (Wildman–Crippen MR) is 117 cm³/mol. The standard InChI is InChI=1S/C26H34O/c1-4-6-7-8-24-19-25(27-3)17-18-26(24)23-15-13-22(14-16-23)21-11-9-20(5-2)10-12-21/h5,13-21H,2,4,6-12H2,1,3H3/t20-,21-. The Bertz CT molecular complexity index is 720. The van der Waals surface area contributed by atoms with E-state index < -0.39 is 0 Å². The van der Waals surface area contributed by atoms with Crippen molar-refractivity contribution in [2.45, 2.75) is 64.2 Å². The van der Waals surface area contributed by atoms with Crippen molar-refractivity contribution in [2.75, 3.05) is 7.11 Å². The van der Waals surface area contributed by atoms with E-state index in [0.29, 0.717) is 0 Å². The van der Waals surface area contributed by atoms with Gasteiger partial charge in [0.15, 0.2) is 0 Å². The van der Waals surface area contributed by atoms with Crippen molar-refractivity contribution >= 4 is 0 Å². The van der Waals surface area contributed by atoms with Crippen LogP contribution in [0.2, 0.25) is 0 Å². The second-order valence-corrected chi connectivity index (χ2v) is 7.95. The predicted octanol–water partition coefficient (Wildman–Crippen LogP) is 7.55. The molecule has 0 unspecified atom stereocenters. The molecule has 2 aromatic carbocycles. The fourth-order valence-corrected chi connectivity index (χ4v) is 4.37. The normalized spacial score (nSPS) is 19.6. The lowest BCUT2D eigenvalue weighted by Crippen LogP contribution is -2.11. The zero-order chi connectivity index (χ0) is 19.1. The molecule has 1 fully saturated rings. The molecule has 0 heterocycles. The van der Waals surface area contributed by atoms with E-state index in [-0.39, 0.29) is 0 Å².